The van der Waals surface area contributed by atoms with Gasteiger partial charge in [-0.2, -0.15) is 4.31 Å². The Morgan fingerprint density at radius 2 is 2.00 bits per heavy atom. The number of unbranched alkanes of at least 4 members (excludes halogenated alkanes) is 1. The number of rotatable bonds is 11. The molecule has 2 aliphatic heterocycles. The Bertz CT molecular complexity index is 1280. The van der Waals surface area contributed by atoms with E-state index in [1.54, 1.807) is 30.0 Å². The molecule has 1 aliphatic carbocycles. The van der Waals surface area contributed by atoms with Crippen molar-refractivity contribution in [2.75, 3.05) is 32.7 Å². The number of carbonyl (C=O) groups excluding carboxylic acids is 2. The van der Waals surface area contributed by atoms with Crippen LogP contribution in [0.2, 0.25) is 0 Å². The molecule has 3 aliphatic rings. The average Bonchev–Trinajstić information content (AvgIpc) is 3.30. The van der Waals surface area contributed by atoms with Gasteiger partial charge in [0.1, 0.15) is 11.7 Å². The van der Waals surface area contributed by atoms with Crippen LogP contribution in [0.4, 0.5) is 8.78 Å². The molecule has 1 aromatic carbocycles. The lowest BCUT2D eigenvalue weighted by molar-refractivity contribution is -0.129. The SMILES string of the molecule is CCCCN1CC(C(=O)NC(CC2C=C(F)C=C(F)C2C)C[C@H]2CN(S(=O)(=O)c3cccc(C)c3)CCN2)CC1=O. The van der Waals surface area contributed by atoms with Crippen LogP contribution in [0.1, 0.15) is 51.5 Å². The number of aryl methyl sites for hydroxylation is 1. The number of hydrogen-bond donors (Lipinski definition) is 2. The average molecular weight is 593 g/mol. The third kappa shape index (κ3) is 7.81. The van der Waals surface area contributed by atoms with Crippen molar-refractivity contribution in [1.82, 2.24) is 19.8 Å². The number of nitrogens with zero attached hydrogens (tertiary/aromatic N) is 2. The minimum Gasteiger partial charge on any atom is -0.353 e. The Morgan fingerprint density at radius 1 is 1.22 bits per heavy atom. The minimum absolute atomic E-state index is 0.0424. The van der Waals surface area contributed by atoms with Gasteiger partial charge in [-0.25, -0.2) is 17.2 Å². The van der Waals surface area contributed by atoms with Crippen molar-refractivity contribution in [3.63, 3.8) is 0 Å². The number of nitrogens with one attached hydrogen (secondary N) is 2. The molecule has 0 bridgehead atoms. The number of halogens is 2. The number of amides is 2. The number of carbonyl (C=O) groups is 2. The summed E-state index contributed by atoms with van der Waals surface area (Å²) >= 11 is 0. The Kier molecular flexibility index (Phi) is 10.4. The van der Waals surface area contributed by atoms with E-state index in [2.05, 4.69) is 10.6 Å². The summed E-state index contributed by atoms with van der Waals surface area (Å²) in [5.74, 6) is -3.01. The summed E-state index contributed by atoms with van der Waals surface area (Å²) < 4.78 is 56.8. The van der Waals surface area contributed by atoms with Gasteiger partial charge in [-0.1, -0.05) is 32.4 Å². The number of allylic oxidation sites excluding steroid dienone is 4. The molecule has 11 heteroatoms. The lowest BCUT2D eigenvalue weighted by Gasteiger charge is -2.36. The second kappa shape index (κ2) is 13.6. The quantitative estimate of drug-likeness (QED) is 0.407. The van der Waals surface area contributed by atoms with Gasteiger partial charge in [0.15, 0.2) is 0 Å². The fourth-order valence-corrected chi connectivity index (χ4v) is 7.54. The first-order valence-electron chi connectivity index (χ1n) is 14.6. The van der Waals surface area contributed by atoms with E-state index >= 15 is 0 Å². The molecule has 8 nitrogen and oxygen atoms in total. The zero-order valence-corrected chi connectivity index (χ0v) is 24.9. The lowest BCUT2D eigenvalue weighted by atomic mass is 9.82. The molecule has 0 aromatic heterocycles. The Balaban J connectivity index is 1.48. The van der Waals surface area contributed by atoms with Gasteiger partial charge in [-0.05, 0) is 55.9 Å². The molecule has 5 atom stereocenters. The van der Waals surface area contributed by atoms with E-state index in [1.165, 1.54) is 10.4 Å². The van der Waals surface area contributed by atoms with E-state index in [4.69, 9.17) is 0 Å². The molecule has 2 amide bonds. The van der Waals surface area contributed by atoms with Crippen molar-refractivity contribution in [1.29, 1.82) is 0 Å². The second-order valence-corrected chi connectivity index (χ2v) is 13.6. The molecule has 4 unspecified atom stereocenters. The lowest BCUT2D eigenvalue weighted by Crippen LogP contribution is -2.55. The number of benzene rings is 1. The van der Waals surface area contributed by atoms with Gasteiger partial charge in [0.2, 0.25) is 21.8 Å². The largest absolute Gasteiger partial charge is 0.353 e. The predicted octanol–water partition coefficient (Wildman–Crippen LogP) is 3.84. The summed E-state index contributed by atoms with van der Waals surface area (Å²) in [5, 5.41) is 6.44. The van der Waals surface area contributed by atoms with Crippen molar-refractivity contribution in [3.05, 3.63) is 53.6 Å². The molecule has 0 spiro atoms. The highest BCUT2D eigenvalue weighted by Crippen LogP contribution is 2.34. The summed E-state index contributed by atoms with van der Waals surface area (Å²) in [7, 11) is -3.71. The Hall–Kier alpha value is -2.63. The molecule has 0 saturated carbocycles. The molecule has 41 heavy (non-hydrogen) atoms. The monoisotopic (exact) mass is 592 g/mol. The van der Waals surface area contributed by atoms with E-state index < -0.39 is 45.5 Å². The third-order valence-electron chi connectivity index (χ3n) is 8.41. The van der Waals surface area contributed by atoms with Gasteiger partial charge in [0.25, 0.3) is 0 Å². The highest BCUT2D eigenvalue weighted by molar-refractivity contribution is 7.89. The van der Waals surface area contributed by atoms with Gasteiger partial charge in [0, 0.05) is 63.2 Å². The van der Waals surface area contributed by atoms with Crippen molar-refractivity contribution in [2.45, 2.75) is 69.9 Å². The Morgan fingerprint density at radius 3 is 2.73 bits per heavy atom. The van der Waals surface area contributed by atoms with E-state index in [0.717, 1.165) is 24.5 Å². The summed E-state index contributed by atoms with van der Waals surface area (Å²) in [4.78, 5) is 27.8. The molecule has 226 valence electrons. The predicted molar refractivity (Wildman–Crippen MR) is 154 cm³/mol. The molecule has 2 fully saturated rings. The van der Waals surface area contributed by atoms with Gasteiger partial charge >= 0.3 is 0 Å². The van der Waals surface area contributed by atoms with Crippen molar-refractivity contribution in [2.24, 2.45) is 17.8 Å². The van der Waals surface area contributed by atoms with Gasteiger partial charge in [-0.15, -0.1) is 0 Å². The first-order chi connectivity index (χ1) is 19.5. The van der Waals surface area contributed by atoms with E-state index in [1.807, 2.05) is 19.9 Å². The summed E-state index contributed by atoms with van der Waals surface area (Å²) in [6.45, 7) is 7.50. The van der Waals surface area contributed by atoms with Crippen LogP contribution < -0.4 is 10.6 Å². The topological polar surface area (TPSA) is 98.8 Å². The molecule has 2 N–H and O–H groups in total. The number of sulfonamides is 1. The van der Waals surface area contributed by atoms with E-state index in [9.17, 15) is 26.8 Å². The Labute approximate surface area is 242 Å². The molecule has 0 radical (unpaired) electrons. The van der Waals surface area contributed by atoms with Crippen molar-refractivity contribution in [3.8, 4) is 0 Å². The number of hydrogen-bond acceptors (Lipinski definition) is 5. The molecule has 4 rings (SSSR count). The van der Waals surface area contributed by atoms with E-state index in [-0.39, 0.29) is 42.1 Å². The molecule has 2 saturated heterocycles. The second-order valence-electron chi connectivity index (χ2n) is 11.6. The van der Waals surface area contributed by atoms with E-state index in [0.29, 0.717) is 32.6 Å². The first-order valence-corrected chi connectivity index (χ1v) is 16.0. The van der Waals surface area contributed by atoms with Crippen LogP contribution >= 0.6 is 0 Å². The van der Waals surface area contributed by atoms with Crippen LogP contribution in [0.25, 0.3) is 0 Å². The maximum Gasteiger partial charge on any atom is 0.243 e. The van der Waals surface area contributed by atoms with Crippen LogP contribution in [-0.4, -0.2) is 74.2 Å². The molecule has 2 heterocycles. The van der Waals surface area contributed by atoms with Crippen LogP contribution in [0.15, 0.2) is 53.0 Å². The van der Waals surface area contributed by atoms with Crippen molar-refractivity contribution < 1.29 is 26.8 Å². The smallest absolute Gasteiger partial charge is 0.243 e. The summed E-state index contributed by atoms with van der Waals surface area (Å²) in [5.41, 5.74) is 0.849. The molecular weight excluding hydrogens is 550 g/mol. The number of piperazine rings is 1. The number of likely N-dealkylation sites (tertiary alicyclic amines) is 1. The van der Waals surface area contributed by atoms with Crippen LogP contribution in [-0.2, 0) is 19.6 Å². The summed E-state index contributed by atoms with van der Waals surface area (Å²) in [6.07, 6.45) is 4.89. The van der Waals surface area contributed by atoms with Gasteiger partial charge < -0.3 is 15.5 Å². The zero-order valence-electron chi connectivity index (χ0n) is 24.1. The highest BCUT2D eigenvalue weighted by atomic mass is 32.2. The normalized spacial score (nSPS) is 26.5. The molecule has 1 aromatic rings. The van der Waals surface area contributed by atoms with Crippen LogP contribution in [0.5, 0.6) is 0 Å². The fourth-order valence-electron chi connectivity index (χ4n) is 5.95. The third-order valence-corrected chi connectivity index (χ3v) is 10.3. The first kappa shape index (κ1) is 31.3. The van der Waals surface area contributed by atoms with Gasteiger partial charge in [0.05, 0.1) is 10.8 Å². The summed E-state index contributed by atoms with van der Waals surface area (Å²) in [6, 6.07) is 6.03. The fraction of sp³-hybridized carbons (Fsp3) is 0.600. The van der Waals surface area contributed by atoms with Crippen LogP contribution in [0.3, 0.4) is 0 Å². The van der Waals surface area contributed by atoms with Gasteiger partial charge in [-0.3, -0.25) is 9.59 Å². The van der Waals surface area contributed by atoms with Crippen LogP contribution in [0, 0.1) is 24.7 Å². The maximum absolute atomic E-state index is 14.4. The standard InChI is InChI=1S/C30H42F2N4O4S/c1-4-5-10-35-18-23(15-29(35)37)30(38)34-25(14-22-13-24(31)16-28(32)21(22)3)17-26-19-36(11-9-33-26)41(39,40)27-8-6-7-20(2)12-27/h6-8,12-13,16,21-23,25-26,33H,4-5,9-11,14-15,17-19H2,1-3H3,(H,34,38)/t21?,22?,23?,25?,26-/m0/s1. The zero-order chi connectivity index (χ0) is 29.7. The van der Waals surface area contributed by atoms with Crippen molar-refractivity contribution >= 4 is 21.8 Å². The minimum atomic E-state index is -3.71. The molecular formula is C30H42F2N4O4S. The highest BCUT2D eigenvalue weighted by Gasteiger charge is 2.37. The maximum atomic E-state index is 14.4.